The average molecular weight is 174 g/mol. The standard InChI is InChI=1S/C6H4F2N2S/c7-3-1-4(8)5(6(9)11)10-2-3/h1-2H,(H2,9,11). The van der Waals surface area contributed by atoms with Crippen LogP contribution < -0.4 is 5.73 Å². The van der Waals surface area contributed by atoms with E-state index in [0.29, 0.717) is 6.07 Å². The molecule has 1 rings (SSSR count). The van der Waals surface area contributed by atoms with Gasteiger partial charge in [0, 0.05) is 6.07 Å². The molecule has 0 amide bonds. The first-order valence-electron chi connectivity index (χ1n) is 2.72. The highest BCUT2D eigenvalue weighted by Crippen LogP contribution is 2.04. The molecule has 0 fully saturated rings. The van der Waals surface area contributed by atoms with Gasteiger partial charge in [-0.05, 0) is 0 Å². The third kappa shape index (κ3) is 1.68. The number of nitrogens with zero attached hydrogens (tertiary/aromatic N) is 1. The Morgan fingerprint density at radius 2 is 2.18 bits per heavy atom. The first-order chi connectivity index (χ1) is 5.11. The minimum absolute atomic E-state index is 0.178. The van der Waals surface area contributed by atoms with Crippen molar-refractivity contribution in [2.24, 2.45) is 5.73 Å². The molecule has 2 nitrogen and oxygen atoms in total. The van der Waals surface area contributed by atoms with Crippen LogP contribution in [0, 0.1) is 11.6 Å². The van der Waals surface area contributed by atoms with Crippen molar-refractivity contribution in [2.45, 2.75) is 0 Å². The van der Waals surface area contributed by atoms with E-state index in [9.17, 15) is 8.78 Å². The lowest BCUT2D eigenvalue weighted by Gasteiger charge is -1.97. The summed E-state index contributed by atoms with van der Waals surface area (Å²) in [5.41, 5.74) is 4.89. The molecule has 0 aliphatic heterocycles. The van der Waals surface area contributed by atoms with Gasteiger partial charge in [-0.1, -0.05) is 12.2 Å². The van der Waals surface area contributed by atoms with Crippen molar-refractivity contribution in [3.05, 3.63) is 29.6 Å². The van der Waals surface area contributed by atoms with Crippen LogP contribution in [0.15, 0.2) is 12.3 Å². The van der Waals surface area contributed by atoms with Crippen molar-refractivity contribution < 1.29 is 8.78 Å². The van der Waals surface area contributed by atoms with Gasteiger partial charge < -0.3 is 5.73 Å². The van der Waals surface area contributed by atoms with Crippen LogP contribution in [0.25, 0.3) is 0 Å². The van der Waals surface area contributed by atoms with Crippen molar-refractivity contribution >= 4 is 17.2 Å². The molecule has 0 radical (unpaired) electrons. The first kappa shape index (κ1) is 8.00. The second kappa shape index (κ2) is 2.87. The first-order valence-corrected chi connectivity index (χ1v) is 3.13. The monoisotopic (exact) mass is 174 g/mol. The summed E-state index contributed by atoms with van der Waals surface area (Å²) in [7, 11) is 0. The summed E-state index contributed by atoms with van der Waals surface area (Å²) in [6, 6.07) is 0.682. The molecule has 0 saturated carbocycles. The van der Waals surface area contributed by atoms with Crippen LogP contribution in [0.3, 0.4) is 0 Å². The summed E-state index contributed by atoms with van der Waals surface area (Å²) in [4.78, 5) is 3.18. The Bertz CT molecular complexity index is 301. The number of aromatic nitrogens is 1. The van der Waals surface area contributed by atoms with Gasteiger partial charge in [-0.25, -0.2) is 13.8 Å². The van der Waals surface area contributed by atoms with Crippen LogP contribution in [-0.4, -0.2) is 9.97 Å². The minimum Gasteiger partial charge on any atom is -0.388 e. The van der Waals surface area contributed by atoms with Gasteiger partial charge in [0.25, 0.3) is 0 Å². The van der Waals surface area contributed by atoms with Crippen molar-refractivity contribution in [3.63, 3.8) is 0 Å². The lowest BCUT2D eigenvalue weighted by atomic mass is 10.3. The fraction of sp³-hybridized carbons (Fsp3) is 0. The fourth-order valence-electron chi connectivity index (χ4n) is 0.596. The highest BCUT2D eigenvalue weighted by atomic mass is 32.1. The summed E-state index contributed by atoms with van der Waals surface area (Å²) in [5, 5.41) is 0. The van der Waals surface area contributed by atoms with Gasteiger partial charge in [-0.15, -0.1) is 0 Å². The smallest absolute Gasteiger partial charge is 0.154 e. The van der Waals surface area contributed by atoms with Gasteiger partial charge >= 0.3 is 0 Å². The maximum Gasteiger partial charge on any atom is 0.154 e. The van der Waals surface area contributed by atoms with Crippen LogP contribution in [0.5, 0.6) is 0 Å². The zero-order valence-corrected chi connectivity index (χ0v) is 6.16. The Labute approximate surface area is 67.0 Å². The highest BCUT2D eigenvalue weighted by Gasteiger charge is 2.06. The number of hydrogen-bond acceptors (Lipinski definition) is 2. The van der Waals surface area contributed by atoms with Crippen LogP contribution in [-0.2, 0) is 0 Å². The molecule has 0 spiro atoms. The SMILES string of the molecule is NC(=S)c1ncc(F)cc1F. The topological polar surface area (TPSA) is 38.9 Å². The number of thiocarbonyl (C=S) groups is 1. The van der Waals surface area contributed by atoms with Gasteiger partial charge in [0.15, 0.2) is 5.82 Å². The number of halogens is 2. The van der Waals surface area contributed by atoms with Gasteiger partial charge in [0.05, 0.1) is 6.20 Å². The molecule has 1 aromatic rings. The molecular weight excluding hydrogens is 170 g/mol. The Morgan fingerprint density at radius 3 is 2.64 bits per heavy atom. The zero-order valence-electron chi connectivity index (χ0n) is 5.34. The largest absolute Gasteiger partial charge is 0.388 e. The molecule has 11 heavy (non-hydrogen) atoms. The third-order valence-corrected chi connectivity index (χ3v) is 1.23. The lowest BCUT2D eigenvalue weighted by Crippen LogP contribution is -2.13. The molecule has 0 unspecified atom stereocenters. The number of pyridine rings is 1. The summed E-state index contributed by atoms with van der Waals surface area (Å²) in [6.07, 6.45) is 0.859. The van der Waals surface area contributed by atoms with E-state index < -0.39 is 11.6 Å². The molecule has 1 heterocycles. The quantitative estimate of drug-likeness (QED) is 0.645. The van der Waals surface area contributed by atoms with Crippen LogP contribution >= 0.6 is 12.2 Å². The molecule has 1 aromatic heterocycles. The van der Waals surface area contributed by atoms with E-state index >= 15 is 0 Å². The third-order valence-electron chi connectivity index (χ3n) is 1.04. The normalized spacial score (nSPS) is 9.64. The Morgan fingerprint density at radius 1 is 1.55 bits per heavy atom. The van der Waals surface area contributed by atoms with Crippen LogP contribution in [0.1, 0.15) is 5.69 Å². The number of hydrogen-bond donors (Lipinski definition) is 1. The molecule has 2 N–H and O–H groups in total. The molecule has 0 aliphatic carbocycles. The number of nitrogens with two attached hydrogens (primary N) is 1. The molecule has 0 atom stereocenters. The molecule has 0 aliphatic rings. The summed E-state index contributed by atoms with van der Waals surface area (Å²) in [6.45, 7) is 0. The van der Waals surface area contributed by atoms with Gasteiger partial charge in [0.1, 0.15) is 16.5 Å². The summed E-state index contributed by atoms with van der Waals surface area (Å²) in [5.74, 6) is -1.58. The van der Waals surface area contributed by atoms with Crippen LogP contribution in [0.2, 0.25) is 0 Å². The zero-order chi connectivity index (χ0) is 8.43. The van der Waals surface area contributed by atoms with E-state index in [1.54, 1.807) is 0 Å². The van der Waals surface area contributed by atoms with E-state index in [0.717, 1.165) is 6.20 Å². The van der Waals surface area contributed by atoms with Gasteiger partial charge in [0.2, 0.25) is 0 Å². The van der Waals surface area contributed by atoms with Crippen molar-refractivity contribution in [3.8, 4) is 0 Å². The van der Waals surface area contributed by atoms with Crippen molar-refractivity contribution in [1.82, 2.24) is 4.98 Å². The van der Waals surface area contributed by atoms with E-state index in [1.807, 2.05) is 0 Å². The van der Waals surface area contributed by atoms with Gasteiger partial charge in [-0.2, -0.15) is 0 Å². The maximum atomic E-state index is 12.6. The Hall–Kier alpha value is -1.10. The molecule has 0 saturated heterocycles. The Kier molecular flexibility index (Phi) is 2.09. The second-order valence-electron chi connectivity index (χ2n) is 1.85. The molecule has 5 heteroatoms. The van der Waals surface area contributed by atoms with Gasteiger partial charge in [-0.3, -0.25) is 0 Å². The number of rotatable bonds is 1. The predicted molar refractivity (Wildman–Crippen MR) is 40.0 cm³/mol. The highest BCUT2D eigenvalue weighted by molar-refractivity contribution is 7.80. The molecule has 58 valence electrons. The molecule has 0 bridgehead atoms. The molecular formula is C6H4F2N2S. The maximum absolute atomic E-state index is 12.6. The molecule has 0 aromatic carbocycles. The Balaban J connectivity index is 3.20. The van der Waals surface area contributed by atoms with E-state index in [-0.39, 0.29) is 10.7 Å². The summed E-state index contributed by atoms with van der Waals surface area (Å²) < 4.78 is 24.9. The van der Waals surface area contributed by atoms with Crippen molar-refractivity contribution in [1.29, 1.82) is 0 Å². The lowest BCUT2D eigenvalue weighted by molar-refractivity contribution is 0.571. The van der Waals surface area contributed by atoms with Crippen molar-refractivity contribution in [2.75, 3.05) is 0 Å². The van der Waals surface area contributed by atoms with Crippen LogP contribution in [0.4, 0.5) is 8.78 Å². The predicted octanol–water partition coefficient (Wildman–Crippen LogP) is 0.994. The van der Waals surface area contributed by atoms with E-state index in [4.69, 9.17) is 5.73 Å². The minimum atomic E-state index is -0.836. The second-order valence-corrected chi connectivity index (χ2v) is 2.29. The summed E-state index contributed by atoms with van der Waals surface area (Å²) >= 11 is 4.45. The fourth-order valence-corrected chi connectivity index (χ4v) is 0.746. The van der Waals surface area contributed by atoms with E-state index in [2.05, 4.69) is 17.2 Å². The van der Waals surface area contributed by atoms with E-state index in [1.165, 1.54) is 0 Å². The average Bonchev–Trinajstić information content (AvgIpc) is 1.85.